The van der Waals surface area contributed by atoms with Gasteiger partial charge in [0.15, 0.2) is 11.6 Å². The molecule has 33 heavy (non-hydrogen) atoms. The van der Waals surface area contributed by atoms with Crippen molar-refractivity contribution in [3.8, 4) is 5.75 Å². The second-order valence-corrected chi connectivity index (χ2v) is 8.93. The number of carbonyl (C=O) groups excluding carboxylic acids is 1. The van der Waals surface area contributed by atoms with Gasteiger partial charge in [-0.05, 0) is 67.9 Å². The number of hydrazine groups is 1. The van der Waals surface area contributed by atoms with Crippen LogP contribution in [0.25, 0.3) is 0 Å². The van der Waals surface area contributed by atoms with Crippen molar-refractivity contribution >= 4 is 12.0 Å². The predicted octanol–water partition coefficient (Wildman–Crippen LogP) is 3.38. The standard InChI is InChI=1S/C24H29FN6O2/c1-15(18-6-7-20(25)22(12-18)33-14-16-2-3-16)30-27-11-9-19-8-10-26-23(28-19)31-13-21(17-4-5-17)29-24(31)32/h6-8,10,12,15-16,27,30H,2-5,9,11,13-14H2,1H3,(H,29,32). The van der Waals surface area contributed by atoms with E-state index in [2.05, 4.69) is 26.1 Å². The molecule has 0 radical (unpaired) electrons. The lowest BCUT2D eigenvalue weighted by molar-refractivity contribution is 0.252. The zero-order valence-corrected chi connectivity index (χ0v) is 18.7. The van der Waals surface area contributed by atoms with Crippen molar-refractivity contribution in [1.82, 2.24) is 26.1 Å². The number of rotatable bonds is 10. The molecule has 8 nitrogen and oxygen atoms in total. The van der Waals surface area contributed by atoms with Gasteiger partial charge in [-0.25, -0.2) is 19.2 Å². The summed E-state index contributed by atoms with van der Waals surface area (Å²) in [6, 6.07) is 6.64. The molecule has 3 N–H and O–H groups in total. The first-order valence-electron chi connectivity index (χ1n) is 11.6. The fourth-order valence-electron chi connectivity index (χ4n) is 3.74. The molecule has 1 unspecified atom stereocenters. The van der Waals surface area contributed by atoms with Crippen LogP contribution in [-0.2, 0) is 6.42 Å². The van der Waals surface area contributed by atoms with E-state index in [1.807, 2.05) is 13.0 Å². The molecule has 1 aromatic carbocycles. The van der Waals surface area contributed by atoms with Crippen LogP contribution in [0.3, 0.4) is 0 Å². The van der Waals surface area contributed by atoms with E-state index in [0.29, 0.717) is 43.7 Å². The number of ether oxygens (including phenoxy) is 1. The number of anilines is 1. The molecule has 2 amide bonds. The maximum absolute atomic E-state index is 14.0. The fraction of sp³-hybridized carbons (Fsp3) is 0.458. The van der Waals surface area contributed by atoms with Gasteiger partial charge in [0.05, 0.1) is 13.2 Å². The third-order valence-corrected chi connectivity index (χ3v) is 6.14. The molecule has 2 aliphatic carbocycles. The fourth-order valence-corrected chi connectivity index (χ4v) is 3.74. The summed E-state index contributed by atoms with van der Waals surface area (Å²) >= 11 is 0. The largest absolute Gasteiger partial charge is 0.490 e. The molecule has 2 saturated carbocycles. The Labute approximate surface area is 192 Å². The second-order valence-electron chi connectivity index (χ2n) is 8.93. The van der Waals surface area contributed by atoms with Gasteiger partial charge >= 0.3 is 6.03 Å². The molecule has 174 valence electrons. The number of halogens is 1. The van der Waals surface area contributed by atoms with E-state index in [-0.39, 0.29) is 17.9 Å². The molecule has 5 rings (SSSR count). The molecule has 3 fully saturated rings. The molecule has 1 aliphatic heterocycles. The lowest BCUT2D eigenvalue weighted by Gasteiger charge is -2.17. The number of amides is 2. The smallest absolute Gasteiger partial charge is 0.328 e. The predicted molar refractivity (Wildman–Crippen MR) is 122 cm³/mol. The van der Waals surface area contributed by atoms with Crippen molar-refractivity contribution in [2.45, 2.75) is 45.1 Å². The van der Waals surface area contributed by atoms with Crippen LogP contribution in [0.2, 0.25) is 0 Å². The average molecular weight is 453 g/mol. The minimum Gasteiger partial charge on any atom is -0.490 e. The number of urea groups is 1. The summed E-state index contributed by atoms with van der Waals surface area (Å²) in [6.45, 7) is 3.73. The van der Waals surface area contributed by atoms with Crippen molar-refractivity contribution in [1.29, 1.82) is 0 Å². The van der Waals surface area contributed by atoms with Crippen molar-refractivity contribution in [3.63, 3.8) is 0 Å². The van der Waals surface area contributed by atoms with E-state index >= 15 is 0 Å². The quantitative estimate of drug-likeness (QED) is 0.378. The van der Waals surface area contributed by atoms with Crippen molar-refractivity contribution in [2.24, 2.45) is 5.92 Å². The SMILES string of the molecule is CC(NNCCc1ccnc(N2CC(=C3CC3)NC2=O)n1)c1ccc(F)c(OCC2CC2)c1. The number of nitrogens with one attached hydrogen (secondary N) is 3. The lowest BCUT2D eigenvalue weighted by Crippen LogP contribution is -2.35. The zero-order valence-electron chi connectivity index (χ0n) is 18.7. The topological polar surface area (TPSA) is 91.4 Å². The van der Waals surface area contributed by atoms with Crippen LogP contribution in [0.4, 0.5) is 15.1 Å². The van der Waals surface area contributed by atoms with Crippen LogP contribution < -0.4 is 25.8 Å². The molecule has 1 aromatic heterocycles. The van der Waals surface area contributed by atoms with Crippen LogP contribution in [0.15, 0.2) is 41.7 Å². The third-order valence-electron chi connectivity index (χ3n) is 6.14. The molecular weight excluding hydrogens is 423 g/mol. The first kappa shape index (κ1) is 21.8. The highest BCUT2D eigenvalue weighted by molar-refractivity contribution is 5.95. The van der Waals surface area contributed by atoms with E-state index in [9.17, 15) is 9.18 Å². The molecule has 1 saturated heterocycles. The summed E-state index contributed by atoms with van der Waals surface area (Å²) in [5.74, 6) is 0.983. The van der Waals surface area contributed by atoms with Gasteiger partial charge in [-0.1, -0.05) is 6.07 Å². The molecule has 0 spiro atoms. The van der Waals surface area contributed by atoms with Gasteiger partial charge in [0.2, 0.25) is 5.95 Å². The average Bonchev–Trinajstić information content (AvgIpc) is 3.75. The van der Waals surface area contributed by atoms with Gasteiger partial charge in [-0.2, -0.15) is 0 Å². The molecule has 9 heteroatoms. The third kappa shape index (κ3) is 5.48. The summed E-state index contributed by atoms with van der Waals surface area (Å²) in [4.78, 5) is 22.7. The number of benzene rings is 1. The number of aromatic nitrogens is 2. The molecule has 2 heterocycles. The van der Waals surface area contributed by atoms with Gasteiger partial charge in [-0.3, -0.25) is 15.8 Å². The van der Waals surface area contributed by atoms with E-state index in [1.54, 1.807) is 23.2 Å². The number of nitrogens with zero attached hydrogens (tertiary/aromatic N) is 3. The highest BCUT2D eigenvalue weighted by Gasteiger charge is 2.32. The van der Waals surface area contributed by atoms with Crippen LogP contribution in [0.1, 0.15) is 49.9 Å². The Hall–Kier alpha value is -3.04. The van der Waals surface area contributed by atoms with E-state index < -0.39 is 0 Å². The Balaban J connectivity index is 1.11. The second kappa shape index (κ2) is 9.44. The van der Waals surface area contributed by atoms with Gasteiger partial charge in [0.25, 0.3) is 0 Å². The van der Waals surface area contributed by atoms with Crippen molar-refractivity contribution in [2.75, 3.05) is 24.6 Å². The summed E-state index contributed by atoms with van der Waals surface area (Å²) in [7, 11) is 0. The highest BCUT2D eigenvalue weighted by Crippen LogP contribution is 2.33. The Morgan fingerprint density at radius 1 is 1.30 bits per heavy atom. The van der Waals surface area contributed by atoms with Crippen molar-refractivity contribution in [3.05, 3.63) is 58.8 Å². The Morgan fingerprint density at radius 3 is 2.94 bits per heavy atom. The monoisotopic (exact) mass is 452 g/mol. The minimum atomic E-state index is -0.328. The summed E-state index contributed by atoms with van der Waals surface area (Å²) in [5.41, 5.74) is 10.6. The molecule has 2 aromatic rings. The Kier molecular flexibility index (Phi) is 6.24. The van der Waals surface area contributed by atoms with Crippen LogP contribution in [0, 0.1) is 11.7 Å². The number of hydrogen-bond acceptors (Lipinski definition) is 6. The summed E-state index contributed by atoms with van der Waals surface area (Å²) in [5, 5.41) is 2.92. The van der Waals surface area contributed by atoms with Crippen LogP contribution >= 0.6 is 0 Å². The highest BCUT2D eigenvalue weighted by atomic mass is 19.1. The van der Waals surface area contributed by atoms with E-state index in [0.717, 1.165) is 29.8 Å². The Bertz CT molecular complexity index is 1060. The normalized spacial score (nSPS) is 18.5. The lowest BCUT2D eigenvalue weighted by atomic mass is 10.1. The zero-order chi connectivity index (χ0) is 22.8. The first-order chi connectivity index (χ1) is 16.1. The van der Waals surface area contributed by atoms with E-state index in [4.69, 9.17) is 4.74 Å². The molecule has 3 aliphatic rings. The minimum absolute atomic E-state index is 0.0305. The van der Waals surface area contributed by atoms with Crippen LogP contribution in [0.5, 0.6) is 5.75 Å². The van der Waals surface area contributed by atoms with E-state index in [1.165, 1.54) is 24.5 Å². The van der Waals surface area contributed by atoms with Crippen LogP contribution in [-0.4, -0.2) is 35.7 Å². The molecular formula is C24H29FN6O2. The molecule has 0 bridgehead atoms. The maximum atomic E-state index is 14.0. The maximum Gasteiger partial charge on any atom is 0.328 e. The molecule has 1 atom stereocenters. The Morgan fingerprint density at radius 2 is 2.15 bits per heavy atom. The number of hydrogen-bond donors (Lipinski definition) is 3. The summed E-state index contributed by atoms with van der Waals surface area (Å²) in [6.07, 6.45) is 6.81. The number of allylic oxidation sites excluding steroid dienone is 1. The van der Waals surface area contributed by atoms with Gasteiger partial charge < -0.3 is 10.1 Å². The first-order valence-corrected chi connectivity index (χ1v) is 11.6. The van der Waals surface area contributed by atoms with Gasteiger partial charge in [0.1, 0.15) is 0 Å². The van der Waals surface area contributed by atoms with Crippen molar-refractivity contribution < 1.29 is 13.9 Å². The van der Waals surface area contributed by atoms with Gasteiger partial charge in [0, 0.05) is 36.6 Å². The summed E-state index contributed by atoms with van der Waals surface area (Å²) < 4.78 is 19.7. The van der Waals surface area contributed by atoms with Gasteiger partial charge in [-0.15, -0.1) is 0 Å². The number of carbonyl (C=O) groups is 1.